The molecule has 5 nitrogen and oxygen atoms in total. The van der Waals surface area contributed by atoms with Gasteiger partial charge in [-0.2, -0.15) is 5.10 Å². The molecule has 0 radical (unpaired) electrons. The third kappa shape index (κ3) is 4.75. The SMILES string of the molecule is O=C(N/N=C\c1cccnc1)c1ccccc1OCc1ccccc1. The van der Waals surface area contributed by atoms with Crippen LogP contribution in [0.25, 0.3) is 0 Å². The van der Waals surface area contributed by atoms with Crippen LogP contribution in [0.1, 0.15) is 21.5 Å². The van der Waals surface area contributed by atoms with Gasteiger partial charge in [-0.05, 0) is 23.8 Å². The van der Waals surface area contributed by atoms with E-state index in [4.69, 9.17) is 4.74 Å². The van der Waals surface area contributed by atoms with Crippen LogP contribution in [0.2, 0.25) is 0 Å². The molecule has 25 heavy (non-hydrogen) atoms. The molecule has 5 heteroatoms. The van der Waals surface area contributed by atoms with Gasteiger partial charge in [-0.15, -0.1) is 0 Å². The zero-order valence-corrected chi connectivity index (χ0v) is 13.5. The fourth-order valence-corrected chi connectivity index (χ4v) is 2.19. The van der Waals surface area contributed by atoms with Crippen molar-refractivity contribution in [2.45, 2.75) is 6.61 Å². The van der Waals surface area contributed by atoms with Crippen LogP contribution in [0.5, 0.6) is 5.75 Å². The van der Waals surface area contributed by atoms with Gasteiger partial charge in [-0.3, -0.25) is 9.78 Å². The minimum atomic E-state index is -0.330. The van der Waals surface area contributed by atoms with Crippen molar-refractivity contribution in [1.82, 2.24) is 10.4 Å². The van der Waals surface area contributed by atoms with Crippen LogP contribution in [0.15, 0.2) is 84.2 Å². The lowest BCUT2D eigenvalue weighted by Gasteiger charge is -2.10. The molecule has 0 aliphatic heterocycles. The van der Waals surface area contributed by atoms with Gasteiger partial charge in [0.05, 0.1) is 11.8 Å². The predicted molar refractivity (Wildman–Crippen MR) is 96.5 cm³/mol. The number of hydrogen-bond acceptors (Lipinski definition) is 4. The van der Waals surface area contributed by atoms with Gasteiger partial charge in [-0.25, -0.2) is 5.43 Å². The topological polar surface area (TPSA) is 63.6 Å². The molecule has 1 aromatic heterocycles. The summed E-state index contributed by atoms with van der Waals surface area (Å²) >= 11 is 0. The first-order chi connectivity index (χ1) is 12.3. The third-order valence-electron chi connectivity index (χ3n) is 3.43. The summed E-state index contributed by atoms with van der Waals surface area (Å²) in [6.07, 6.45) is 4.88. The highest BCUT2D eigenvalue weighted by atomic mass is 16.5. The number of carbonyl (C=O) groups excluding carboxylic acids is 1. The Morgan fingerprint density at radius 1 is 1.04 bits per heavy atom. The van der Waals surface area contributed by atoms with Crippen molar-refractivity contribution >= 4 is 12.1 Å². The van der Waals surface area contributed by atoms with E-state index >= 15 is 0 Å². The maximum absolute atomic E-state index is 12.3. The van der Waals surface area contributed by atoms with E-state index in [0.29, 0.717) is 17.9 Å². The number of hydrogen-bond donors (Lipinski definition) is 1. The Morgan fingerprint density at radius 2 is 1.84 bits per heavy atom. The lowest BCUT2D eigenvalue weighted by atomic mass is 10.2. The van der Waals surface area contributed by atoms with Gasteiger partial charge in [0.1, 0.15) is 12.4 Å². The average Bonchev–Trinajstić information content (AvgIpc) is 2.68. The van der Waals surface area contributed by atoms with Crippen LogP contribution in [0.4, 0.5) is 0 Å². The molecule has 124 valence electrons. The molecule has 0 saturated carbocycles. The van der Waals surface area contributed by atoms with Crippen molar-refractivity contribution in [3.05, 3.63) is 95.8 Å². The molecular weight excluding hydrogens is 314 g/mol. The number of ether oxygens (including phenoxy) is 1. The van der Waals surface area contributed by atoms with E-state index in [2.05, 4.69) is 15.5 Å². The number of nitrogens with zero attached hydrogens (tertiary/aromatic N) is 2. The largest absolute Gasteiger partial charge is 0.488 e. The van der Waals surface area contributed by atoms with Crippen molar-refractivity contribution in [3.8, 4) is 5.75 Å². The molecule has 3 rings (SSSR count). The number of pyridine rings is 1. The van der Waals surface area contributed by atoms with Crippen molar-refractivity contribution in [2.75, 3.05) is 0 Å². The van der Waals surface area contributed by atoms with E-state index < -0.39 is 0 Å². The lowest BCUT2D eigenvalue weighted by Crippen LogP contribution is -2.18. The number of hydrazone groups is 1. The normalized spacial score (nSPS) is 10.6. The highest BCUT2D eigenvalue weighted by molar-refractivity contribution is 5.97. The van der Waals surface area contributed by atoms with Crippen LogP contribution >= 0.6 is 0 Å². The van der Waals surface area contributed by atoms with Crippen LogP contribution in [-0.4, -0.2) is 17.1 Å². The second-order valence-corrected chi connectivity index (χ2v) is 5.26. The number of carbonyl (C=O) groups is 1. The second-order valence-electron chi connectivity index (χ2n) is 5.26. The molecular formula is C20H17N3O2. The number of para-hydroxylation sites is 1. The van der Waals surface area contributed by atoms with Gasteiger partial charge in [0, 0.05) is 18.0 Å². The summed E-state index contributed by atoms with van der Waals surface area (Å²) in [5.74, 6) is 0.184. The van der Waals surface area contributed by atoms with Crippen LogP contribution in [0, 0.1) is 0 Å². The molecule has 1 heterocycles. The molecule has 0 spiro atoms. The summed E-state index contributed by atoms with van der Waals surface area (Å²) in [4.78, 5) is 16.3. The summed E-state index contributed by atoms with van der Waals surface area (Å²) in [6.45, 7) is 0.393. The van der Waals surface area contributed by atoms with Gasteiger partial charge in [-0.1, -0.05) is 48.5 Å². The highest BCUT2D eigenvalue weighted by Crippen LogP contribution is 2.19. The molecule has 0 atom stereocenters. The first kappa shape index (κ1) is 16.4. The van der Waals surface area contributed by atoms with Crippen LogP contribution < -0.4 is 10.2 Å². The van der Waals surface area contributed by atoms with E-state index in [1.165, 1.54) is 0 Å². The van der Waals surface area contributed by atoms with Crippen molar-refractivity contribution in [3.63, 3.8) is 0 Å². The highest BCUT2D eigenvalue weighted by Gasteiger charge is 2.11. The molecule has 1 N–H and O–H groups in total. The first-order valence-electron chi connectivity index (χ1n) is 7.82. The summed E-state index contributed by atoms with van der Waals surface area (Å²) < 4.78 is 5.79. The van der Waals surface area contributed by atoms with Gasteiger partial charge < -0.3 is 4.74 Å². The second kappa shape index (κ2) is 8.40. The van der Waals surface area contributed by atoms with E-state index in [1.54, 1.807) is 42.9 Å². The van der Waals surface area contributed by atoms with Gasteiger partial charge in [0.15, 0.2) is 0 Å². The first-order valence-corrected chi connectivity index (χ1v) is 7.82. The summed E-state index contributed by atoms with van der Waals surface area (Å²) in [5.41, 5.74) is 4.78. The fraction of sp³-hybridized carbons (Fsp3) is 0.0500. The average molecular weight is 331 g/mol. The number of rotatable bonds is 6. The minimum absolute atomic E-state index is 0.330. The molecule has 0 saturated heterocycles. The Labute approximate surface area is 146 Å². The Morgan fingerprint density at radius 3 is 2.64 bits per heavy atom. The Kier molecular flexibility index (Phi) is 5.51. The van der Waals surface area contributed by atoms with Gasteiger partial charge >= 0.3 is 0 Å². The number of aromatic nitrogens is 1. The van der Waals surface area contributed by atoms with Crippen LogP contribution in [-0.2, 0) is 6.61 Å². The van der Waals surface area contributed by atoms with Gasteiger partial charge in [0.2, 0.25) is 0 Å². The maximum atomic E-state index is 12.3. The quantitative estimate of drug-likeness (QED) is 0.556. The predicted octanol–water partition coefficient (Wildman–Crippen LogP) is 3.42. The molecule has 0 aliphatic rings. The lowest BCUT2D eigenvalue weighted by molar-refractivity contribution is 0.0950. The van der Waals surface area contributed by atoms with E-state index in [9.17, 15) is 4.79 Å². The summed E-state index contributed by atoms with van der Waals surface area (Å²) in [5, 5.41) is 3.96. The van der Waals surface area contributed by atoms with Crippen molar-refractivity contribution in [2.24, 2.45) is 5.10 Å². The third-order valence-corrected chi connectivity index (χ3v) is 3.43. The smallest absolute Gasteiger partial charge is 0.275 e. The van der Waals surface area contributed by atoms with E-state index in [-0.39, 0.29) is 5.91 Å². The Hall–Kier alpha value is -3.47. The van der Waals surface area contributed by atoms with Crippen LogP contribution in [0.3, 0.4) is 0 Å². The van der Waals surface area contributed by atoms with E-state index in [0.717, 1.165) is 11.1 Å². The number of amides is 1. The number of nitrogens with one attached hydrogen (secondary N) is 1. The Bertz CT molecular complexity index is 849. The number of benzene rings is 2. The molecule has 0 fully saturated rings. The Balaban J connectivity index is 1.65. The molecule has 3 aromatic rings. The van der Waals surface area contributed by atoms with Crippen molar-refractivity contribution < 1.29 is 9.53 Å². The standard InChI is InChI=1S/C20H17N3O2/c24-20(23-22-14-17-9-6-12-21-13-17)18-10-4-5-11-19(18)25-15-16-7-2-1-3-8-16/h1-14H,15H2,(H,23,24)/b22-14-. The van der Waals surface area contributed by atoms with Crippen molar-refractivity contribution in [1.29, 1.82) is 0 Å². The zero-order valence-electron chi connectivity index (χ0n) is 13.5. The van der Waals surface area contributed by atoms with E-state index in [1.807, 2.05) is 42.5 Å². The molecule has 0 aliphatic carbocycles. The summed E-state index contributed by atoms with van der Waals surface area (Å²) in [6, 6.07) is 20.5. The monoisotopic (exact) mass is 331 g/mol. The minimum Gasteiger partial charge on any atom is -0.488 e. The maximum Gasteiger partial charge on any atom is 0.275 e. The molecule has 0 unspecified atom stereocenters. The molecule has 1 amide bonds. The fourth-order valence-electron chi connectivity index (χ4n) is 2.19. The molecule has 0 bridgehead atoms. The van der Waals surface area contributed by atoms with Gasteiger partial charge in [0.25, 0.3) is 5.91 Å². The zero-order chi connectivity index (χ0) is 17.3. The molecule has 2 aromatic carbocycles. The summed E-state index contributed by atoms with van der Waals surface area (Å²) in [7, 11) is 0.